The van der Waals surface area contributed by atoms with Crippen LogP contribution in [0.4, 0.5) is 10.5 Å². The van der Waals surface area contributed by atoms with Gasteiger partial charge in [0.25, 0.3) is 5.91 Å². The maximum absolute atomic E-state index is 14.3. The number of para-hydroxylation sites is 1. The molecule has 0 bridgehead atoms. The highest BCUT2D eigenvalue weighted by atomic mass is 35.5. The third kappa shape index (κ3) is 8.22. The average Bonchev–Trinajstić information content (AvgIpc) is 2.86. The minimum atomic E-state index is -0.957. The zero-order valence-corrected chi connectivity index (χ0v) is 24.6. The first-order valence-electron chi connectivity index (χ1n) is 13.2. The fourth-order valence-corrected chi connectivity index (χ4v) is 4.40. The molecule has 2 rings (SSSR count). The highest BCUT2D eigenvalue weighted by molar-refractivity contribution is 6.34. The number of carbonyl (C=O) groups is 3. The number of anilines is 1. The van der Waals surface area contributed by atoms with Crippen molar-refractivity contribution in [2.45, 2.75) is 92.0 Å². The van der Waals surface area contributed by atoms with E-state index in [0.717, 1.165) is 5.56 Å². The number of hydrogen-bond donors (Lipinski definition) is 2. The standard InChI is InChI=1S/C30H42ClN3O4/c1-9-19(3)25(33-29(37)38-30(6,7)8)28(36)34(21(5)10-2)26(22-16-12-11-13-17-22)27(35)32-24-20(4)15-14-18-23(24)31/h11-19,21,25-26H,9-10H2,1-8H3,(H,32,35)(H,33,37). The monoisotopic (exact) mass is 543 g/mol. The molecule has 7 nitrogen and oxygen atoms in total. The summed E-state index contributed by atoms with van der Waals surface area (Å²) in [5, 5.41) is 6.17. The quantitative estimate of drug-likeness (QED) is 0.341. The number of halogens is 1. The van der Waals surface area contributed by atoms with Crippen LogP contribution >= 0.6 is 11.6 Å². The van der Waals surface area contributed by atoms with Gasteiger partial charge in [0.2, 0.25) is 5.91 Å². The molecule has 2 N–H and O–H groups in total. The summed E-state index contributed by atoms with van der Waals surface area (Å²) < 4.78 is 5.46. The van der Waals surface area contributed by atoms with Crippen molar-refractivity contribution in [1.29, 1.82) is 0 Å². The molecule has 4 unspecified atom stereocenters. The summed E-state index contributed by atoms with van der Waals surface area (Å²) in [6, 6.07) is 12.4. The Morgan fingerprint density at radius 2 is 1.61 bits per heavy atom. The molecule has 38 heavy (non-hydrogen) atoms. The number of nitrogens with zero attached hydrogens (tertiary/aromatic N) is 1. The smallest absolute Gasteiger partial charge is 0.408 e. The van der Waals surface area contributed by atoms with Crippen molar-refractivity contribution in [2.75, 3.05) is 5.32 Å². The zero-order valence-electron chi connectivity index (χ0n) is 23.8. The molecular formula is C30H42ClN3O4. The molecule has 2 aromatic rings. The minimum absolute atomic E-state index is 0.202. The van der Waals surface area contributed by atoms with Gasteiger partial charge in [0, 0.05) is 6.04 Å². The maximum Gasteiger partial charge on any atom is 0.408 e. The van der Waals surface area contributed by atoms with Gasteiger partial charge in [0.1, 0.15) is 17.7 Å². The van der Waals surface area contributed by atoms with E-state index in [1.54, 1.807) is 31.7 Å². The van der Waals surface area contributed by atoms with Crippen LogP contribution in [0.1, 0.15) is 78.5 Å². The van der Waals surface area contributed by atoms with Crippen molar-refractivity contribution in [3.05, 3.63) is 64.7 Å². The summed E-state index contributed by atoms with van der Waals surface area (Å²) in [5.74, 6) is -0.937. The fraction of sp³-hybridized carbons (Fsp3) is 0.500. The van der Waals surface area contributed by atoms with E-state index in [0.29, 0.717) is 29.1 Å². The van der Waals surface area contributed by atoms with Crippen LogP contribution in [0, 0.1) is 12.8 Å². The highest BCUT2D eigenvalue weighted by Crippen LogP contribution is 2.31. The molecule has 0 radical (unpaired) electrons. The SMILES string of the molecule is CCC(C)C(NC(=O)OC(C)(C)C)C(=O)N(C(C)CC)C(C(=O)Nc1c(C)cccc1Cl)c1ccccc1. The van der Waals surface area contributed by atoms with Crippen LogP contribution in [0.3, 0.4) is 0 Å². The Balaban J connectivity index is 2.58. The lowest BCUT2D eigenvalue weighted by Gasteiger charge is -2.39. The fourth-order valence-electron chi connectivity index (χ4n) is 4.13. The van der Waals surface area contributed by atoms with Crippen molar-refractivity contribution in [2.24, 2.45) is 5.92 Å². The van der Waals surface area contributed by atoms with Gasteiger partial charge in [-0.2, -0.15) is 0 Å². The molecule has 2 aromatic carbocycles. The van der Waals surface area contributed by atoms with Crippen LogP contribution in [0.25, 0.3) is 0 Å². The average molecular weight is 544 g/mol. The van der Waals surface area contributed by atoms with E-state index in [1.807, 2.05) is 77.1 Å². The third-order valence-electron chi connectivity index (χ3n) is 6.58. The van der Waals surface area contributed by atoms with E-state index in [4.69, 9.17) is 16.3 Å². The van der Waals surface area contributed by atoms with Crippen molar-refractivity contribution in [1.82, 2.24) is 10.2 Å². The van der Waals surface area contributed by atoms with Crippen LogP contribution in [0.2, 0.25) is 5.02 Å². The summed E-state index contributed by atoms with van der Waals surface area (Å²) in [6.45, 7) is 14.9. The molecule has 4 atom stereocenters. The van der Waals surface area contributed by atoms with Gasteiger partial charge in [-0.15, -0.1) is 0 Å². The molecule has 0 heterocycles. The summed E-state index contributed by atoms with van der Waals surface area (Å²) in [4.78, 5) is 42.6. The van der Waals surface area contributed by atoms with E-state index < -0.39 is 23.8 Å². The van der Waals surface area contributed by atoms with Gasteiger partial charge >= 0.3 is 6.09 Å². The first-order valence-corrected chi connectivity index (χ1v) is 13.6. The molecule has 0 aliphatic carbocycles. The van der Waals surface area contributed by atoms with E-state index in [9.17, 15) is 14.4 Å². The maximum atomic E-state index is 14.3. The van der Waals surface area contributed by atoms with Gasteiger partial charge in [0.05, 0.1) is 10.7 Å². The summed E-state index contributed by atoms with van der Waals surface area (Å²) in [6.07, 6.45) is 0.571. The summed E-state index contributed by atoms with van der Waals surface area (Å²) >= 11 is 6.42. The molecule has 0 fully saturated rings. The molecule has 3 amide bonds. The second-order valence-electron chi connectivity index (χ2n) is 10.7. The highest BCUT2D eigenvalue weighted by Gasteiger charge is 2.40. The van der Waals surface area contributed by atoms with Crippen LogP contribution in [-0.2, 0) is 14.3 Å². The number of carbonyl (C=O) groups excluding carboxylic acids is 3. The third-order valence-corrected chi connectivity index (χ3v) is 6.90. The Labute approximate surface area is 232 Å². The van der Waals surface area contributed by atoms with Gasteiger partial charge in [-0.05, 0) is 64.2 Å². The lowest BCUT2D eigenvalue weighted by Crippen LogP contribution is -2.56. The minimum Gasteiger partial charge on any atom is -0.444 e. The predicted molar refractivity (Wildman–Crippen MR) is 153 cm³/mol. The Morgan fingerprint density at radius 3 is 2.13 bits per heavy atom. The molecule has 8 heteroatoms. The van der Waals surface area contributed by atoms with E-state index in [-0.39, 0.29) is 23.8 Å². The lowest BCUT2D eigenvalue weighted by molar-refractivity contribution is -0.144. The van der Waals surface area contributed by atoms with E-state index >= 15 is 0 Å². The molecule has 0 spiro atoms. The molecule has 208 valence electrons. The van der Waals surface area contributed by atoms with Crippen molar-refractivity contribution < 1.29 is 19.1 Å². The van der Waals surface area contributed by atoms with Gasteiger partial charge < -0.3 is 20.3 Å². The largest absolute Gasteiger partial charge is 0.444 e. The van der Waals surface area contributed by atoms with Crippen molar-refractivity contribution >= 4 is 35.2 Å². The summed E-state index contributed by atoms with van der Waals surface area (Å²) in [7, 11) is 0. The van der Waals surface area contributed by atoms with Gasteiger partial charge in [-0.3, -0.25) is 9.59 Å². The van der Waals surface area contributed by atoms with Gasteiger partial charge in [-0.25, -0.2) is 4.79 Å². The number of hydrogen-bond acceptors (Lipinski definition) is 4. The van der Waals surface area contributed by atoms with Gasteiger partial charge in [-0.1, -0.05) is 81.3 Å². The predicted octanol–water partition coefficient (Wildman–Crippen LogP) is 6.89. The normalized spacial score (nSPS) is 14.6. The topological polar surface area (TPSA) is 87.7 Å². The first-order chi connectivity index (χ1) is 17.8. The van der Waals surface area contributed by atoms with Gasteiger partial charge in [0.15, 0.2) is 0 Å². The second kappa shape index (κ2) is 13.7. The first kappa shape index (κ1) is 31.2. The molecule has 0 aliphatic rings. The number of rotatable bonds is 10. The lowest BCUT2D eigenvalue weighted by atomic mass is 9.94. The number of benzene rings is 2. The Bertz CT molecular complexity index is 1080. The van der Waals surface area contributed by atoms with Crippen LogP contribution in [0.5, 0.6) is 0 Å². The number of aryl methyl sites for hydroxylation is 1. The number of alkyl carbamates (subject to hydrolysis) is 1. The number of ether oxygens (including phenoxy) is 1. The molecular weight excluding hydrogens is 502 g/mol. The molecule has 0 aliphatic heterocycles. The Kier molecular flexibility index (Phi) is 11.2. The van der Waals surface area contributed by atoms with E-state index in [1.165, 1.54) is 0 Å². The van der Waals surface area contributed by atoms with Crippen molar-refractivity contribution in [3.8, 4) is 0 Å². The van der Waals surface area contributed by atoms with Crippen LogP contribution in [-0.4, -0.2) is 40.5 Å². The zero-order chi connectivity index (χ0) is 28.6. The summed E-state index contributed by atoms with van der Waals surface area (Å²) in [5.41, 5.74) is 1.25. The number of amides is 3. The van der Waals surface area contributed by atoms with E-state index in [2.05, 4.69) is 10.6 Å². The second-order valence-corrected chi connectivity index (χ2v) is 11.2. The molecule has 0 saturated carbocycles. The van der Waals surface area contributed by atoms with Crippen LogP contribution < -0.4 is 10.6 Å². The Hall–Kier alpha value is -3.06. The molecule has 0 aromatic heterocycles. The van der Waals surface area contributed by atoms with Crippen molar-refractivity contribution in [3.63, 3.8) is 0 Å². The van der Waals surface area contributed by atoms with Crippen LogP contribution in [0.15, 0.2) is 48.5 Å². The number of nitrogens with one attached hydrogen (secondary N) is 2. The molecule has 0 saturated heterocycles. The Morgan fingerprint density at radius 1 is 0.974 bits per heavy atom.